The molecule has 1 aromatic heterocycles. The summed E-state index contributed by atoms with van der Waals surface area (Å²) in [5.74, 6) is 0.540. The number of benzene rings is 1. The molecule has 0 atom stereocenters. The summed E-state index contributed by atoms with van der Waals surface area (Å²) in [5, 5.41) is 12.9. The third-order valence-corrected chi connectivity index (χ3v) is 2.85. The van der Waals surface area contributed by atoms with E-state index in [0.29, 0.717) is 16.4 Å². The molecule has 1 aromatic carbocycles. The maximum absolute atomic E-state index is 9.13. The van der Waals surface area contributed by atoms with Crippen LogP contribution in [-0.2, 0) is 0 Å². The van der Waals surface area contributed by atoms with Crippen LogP contribution in [0.4, 0.5) is 11.5 Å². The standard InChI is InChI=1S/C12H10N4S/c1-17-12-10(7-13)11(14-8-15-12)16-9-5-3-2-4-6-9/h2-6,8H,1H3,(H,14,15,16). The smallest absolute Gasteiger partial charge is 0.152 e. The van der Waals surface area contributed by atoms with Gasteiger partial charge < -0.3 is 5.32 Å². The molecule has 0 bridgehead atoms. The molecule has 0 aliphatic carbocycles. The third-order valence-electron chi connectivity index (χ3n) is 2.15. The first-order valence-electron chi connectivity index (χ1n) is 4.96. The van der Waals surface area contributed by atoms with Gasteiger partial charge in [0.15, 0.2) is 5.82 Å². The Morgan fingerprint density at radius 1 is 1.24 bits per heavy atom. The van der Waals surface area contributed by atoms with Crippen LogP contribution in [0.25, 0.3) is 0 Å². The summed E-state index contributed by atoms with van der Waals surface area (Å²) in [4.78, 5) is 8.16. The number of aromatic nitrogens is 2. The van der Waals surface area contributed by atoms with Gasteiger partial charge in [-0.3, -0.25) is 0 Å². The minimum absolute atomic E-state index is 0.476. The molecule has 0 aliphatic rings. The third kappa shape index (κ3) is 2.55. The van der Waals surface area contributed by atoms with E-state index >= 15 is 0 Å². The van der Waals surface area contributed by atoms with E-state index in [2.05, 4.69) is 21.4 Å². The van der Waals surface area contributed by atoms with Crippen molar-refractivity contribution in [2.45, 2.75) is 5.03 Å². The summed E-state index contributed by atoms with van der Waals surface area (Å²) < 4.78 is 0. The van der Waals surface area contributed by atoms with Crippen LogP contribution in [0.15, 0.2) is 41.7 Å². The van der Waals surface area contributed by atoms with Crippen LogP contribution in [0.5, 0.6) is 0 Å². The van der Waals surface area contributed by atoms with Crippen LogP contribution in [-0.4, -0.2) is 16.2 Å². The van der Waals surface area contributed by atoms with E-state index in [4.69, 9.17) is 5.26 Å². The molecule has 0 saturated heterocycles. The summed E-state index contributed by atoms with van der Waals surface area (Å²) in [5.41, 5.74) is 1.37. The molecule has 4 nitrogen and oxygen atoms in total. The second kappa shape index (κ2) is 5.32. The average Bonchev–Trinajstić information content (AvgIpc) is 2.39. The van der Waals surface area contributed by atoms with Crippen molar-refractivity contribution in [3.8, 4) is 6.07 Å². The minimum Gasteiger partial charge on any atom is -0.339 e. The number of hydrogen-bond acceptors (Lipinski definition) is 5. The van der Waals surface area contributed by atoms with E-state index in [1.165, 1.54) is 18.1 Å². The Balaban J connectivity index is 2.37. The van der Waals surface area contributed by atoms with Gasteiger partial charge in [-0.15, -0.1) is 11.8 Å². The lowest BCUT2D eigenvalue weighted by Crippen LogP contribution is -1.99. The zero-order valence-electron chi connectivity index (χ0n) is 9.21. The molecule has 1 heterocycles. The van der Waals surface area contributed by atoms with Gasteiger partial charge in [0.25, 0.3) is 0 Å². The molecule has 0 aliphatic heterocycles. The fraction of sp³-hybridized carbons (Fsp3) is 0.0833. The lowest BCUT2D eigenvalue weighted by atomic mass is 10.3. The molecule has 0 spiro atoms. The second-order valence-corrected chi connectivity index (χ2v) is 4.00. The molecule has 0 unspecified atom stereocenters. The van der Waals surface area contributed by atoms with Gasteiger partial charge in [-0.25, -0.2) is 9.97 Å². The van der Waals surface area contributed by atoms with Crippen molar-refractivity contribution in [2.24, 2.45) is 0 Å². The van der Waals surface area contributed by atoms with E-state index in [1.807, 2.05) is 36.6 Å². The molecule has 0 radical (unpaired) electrons. The number of nitrogens with one attached hydrogen (secondary N) is 1. The highest BCUT2D eigenvalue weighted by Crippen LogP contribution is 2.24. The molecule has 0 amide bonds. The van der Waals surface area contributed by atoms with Crippen molar-refractivity contribution < 1.29 is 0 Å². The lowest BCUT2D eigenvalue weighted by Gasteiger charge is -2.08. The number of hydrogen-bond donors (Lipinski definition) is 1. The predicted octanol–water partition coefficient (Wildman–Crippen LogP) is 2.81. The van der Waals surface area contributed by atoms with Gasteiger partial charge in [0.05, 0.1) is 0 Å². The van der Waals surface area contributed by atoms with Crippen molar-refractivity contribution in [3.05, 3.63) is 42.2 Å². The van der Waals surface area contributed by atoms with Crippen molar-refractivity contribution in [1.29, 1.82) is 5.26 Å². The monoisotopic (exact) mass is 242 g/mol. The Kier molecular flexibility index (Phi) is 3.58. The summed E-state index contributed by atoms with van der Waals surface area (Å²) in [7, 11) is 0. The maximum Gasteiger partial charge on any atom is 0.152 e. The lowest BCUT2D eigenvalue weighted by molar-refractivity contribution is 1.03. The first-order chi connectivity index (χ1) is 8.35. The molecule has 5 heteroatoms. The molecule has 2 aromatic rings. The second-order valence-electron chi connectivity index (χ2n) is 3.21. The number of anilines is 2. The highest BCUT2D eigenvalue weighted by atomic mass is 32.2. The average molecular weight is 242 g/mol. The normalized spacial score (nSPS) is 9.65. The summed E-state index contributed by atoms with van der Waals surface area (Å²) in [6.07, 6.45) is 3.34. The van der Waals surface area contributed by atoms with Crippen LogP contribution < -0.4 is 5.32 Å². The SMILES string of the molecule is CSc1ncnc(Nc2ccccc2)c1C#N. The molecule has 1 N–H and O–H groups in total. The van der Waals surface area contributed by atoms with Gasteiger partial charge in [0.2, 0.25) is 0 Å². The van der Waals surface area contributed by atoms with Crippen LogP contribution in [0.3, 0.4) is 0 Å². The van der Waals surface area contributed by atoms with Crippen LogP contribution in [0.2, 0.25) is 0 Å². The minimum atomic E-state index is 0.476. The first-order valence-corrected chi connectivity index (χ1v) is 6.19. The fourth-order valence-corrected chi connectivity index (χ4v) is 1.88. The van der Waals surface area contributed by atoms with Crippen LogP contribution in [0.1, 0.15) is 5.56 Å². The molecule has 2 rings (SSSR count). The summed E-state index contributed by atoms with van der Waals surface area (Å²) in [6.45, 7) is 0. The number of rotatable bonds is 3. The van der Waals surface area contributed by atoms with Gasteiger partial charge >= 0.3 is 0 Å². The van der Waals surface area contributed by atoms with Gasteiger partial charge in [0.1, 0.15) is 23.0 Å². The molecular formula is C12H10N4S. The summed E-state index contributed by atoms with van der Waals surface area (Å²) >= 11 is 1.43. The van der Waals surface area contributed by atoms with Crippen molar-refractivity contribution >= 4 is 23.3 Å². The quantitative estimate of drug-likeness (QED) is 0.662. The Morgan fingerprint density at radius 3 is 2.65 bits per heavy atom. The van der Waals surface area contributed by atoms with Crippen LogP contribution in [0, 0.1) is 11.3 Å². The Bertz CT molecular complexity index is 548. The van der Waals surface area contributed by atoms with Gasteiger partial charge in [-0.1, -0.05) is 18.2 Å². The molecule has 0 saturated carbocycles. The Hall–Kier alpha value is -2.06. The Labute approximate surface area is 104 Å². The molecular weight excluding hydrogens is 232 g/mol. The van der Waals surface area contributed by atoms with Gasteiger partial charge in [-0.2, -0.15) is 5.26 Å². The van der Waals surface area contributed by atoms with E-state index < -0.39 is 0 Å². The first kappa shape index (κ1) is 11.4. The number of thioether (sulfide) groups is 1. The largest absolute Gasteiger partial charge is 0.339 e. The Morgan fingerprint density at radius 2 is 2.00 bits per heavy atom. The zero-order valence-corrected chi connectivity index (χ0v) is 10.0. The highest BCUT2D eigenvalue weighted by molar-refractivity contribution is 7.98. The highest BCUT2D eigenvalue weighted by Gasteiger charge is 2.09. The number of nitrogens with zero attached hydrogens (tertiary/aromatic N) is 3. The van der Waals surface area contributed by atoms with Gasteiger partial charge in [0, 0.05) is 5.69 Å². The number of nitriles is 1. The molecule has 84 valence electrons. The van der Waals surface area contributed by atoms with E-state index in [-0.39, 0.29) is 0 Å². The molecule has 0 fully saturated rings. The van der Waals surface area contributed by atoms with Crippen molar-refractivity contribution in [3.63, 3.8) is 0 Å². The van der Waals surface area contributed by atoms with E-state index in [9.17, 15) is 0 Å². The van der Waals surface area contributed by atoms with E-state index in [1.54, 1.807) is 0 Å². The van der Waals surface area contributed by atoms with Crippen LogP contribution >= 0.6 is 11.8 Å². The summed E-state index contributed by atoms with van der Waals surface area (Å²) in [6, 6.07) is 11.7. The van der Waals surface area contributed by atoms with E-state index in [0.717, 1.165) is 5.69 Å². The predicted molar refractivity (Wildman–Crippen MR) is 68.3 cm³/mol. The molecule has 17 heavy (non-hydrogen) atoms. The van der Waals surface area contributed by atoms with Crippen molar-refractivity contribution in [1.82, 2.24) is 9.97 Å². The van der Waals surface area contributed by atoms with Gasteiger partial charge in [-0.05, 0) is 18.4 Å². The number of para-hydroxylation sites is 1. The fourth-order valence-electron chi connectivity index (χ4n) is 1.38. The maximum atomic E-state index is 9.13. The zero-order chi connectivity index (χ0) is 12.1. The van der Waals surface area contributed by atoms with Crippen molar-refractivity contribution in [2.75, 3.05) is 11.6 Å². The topological polar surface area (TPSA) is 61.6 Å².